The van der Waals surface area contributed by atoms with Crippen molar-refractivity contribution in [2.45, 2.75) is 12.6 Å². The predicted molar refractivity (Wildman–Crippen MR) is 105 cm³/mol. The summed E-state index contributed by atoms with van der Waals surface area (Å²) in [6.45, 7) is 0.243. The quantitative estimate of drug-likeness (QED) is 0.546. The Labute approximate surface area is 168 Å². The third kappa shape index (κ3) is 5.92. The molecule has 1 heterocycles. The lowest BCUT2D eigenvalue weighted by atomic mass is 10.1. The molecule has 0 unspecified atom stereocenters. The van der Waals surface area contributed by atoms with Gasteiger partial charge in [-0.1, -0.05) is 30.3 Å². The van der Waals surface area contributed by atoms with Crippen LogP contribution >= 0.6 is 11.3 Å². The van der Waals surface area contributed by atoms with E-state index in [0.29, 0.717) is 22.0 Å². The summed E-state index contributed by atoms with van der Waals surface area (Å²) in [4.78, 5) is 15.1. The van der Waals surface area contributed by atoms with Crippen molar-refractivity contribution in [2.24, 2.45) is 0 Å². The van der Waals surface area contributed by atoms with Crippen LogP contribution in [0.3, 0.4) is 0 Å². The van der Waals surface area contributed by atoms with Crippen LogP contribution < -0.4 is 4.74 Å². The molecule has 1 aromatic heterocycles. The fourth-order valence-corrected chi connectivity index (χ4v) is 3.32. The van der Waals surface area contributed by atoms with E-state index in [0.717, 1.165) is 17.7 Å². The number of alkyl halides is 3. The van der Waals surface area contributed by atoms with Crippen molar-refractivity contribution in [1.82, 2.24) is 4.98 Å². The summed E-state index contributed by atoms with van der Waals surface area (Å²) < 4.78 is 43.3. The zero-order valence-corrected chi connectivity index (χ0v) is 15.8. The molecule has 0 aliphatic heterocycles. The maximum Gasteiger partial charge on any atom is 0.416 e. The number of carboxylic acids is 1. The Morgan fingerprint density at radius 2 is 1.93 bits per heavy atom. The molecule has 3 aromatic rings. The normalized spacial score (nSPS) is 11.7. The Bertz CT molecular complexity index is 1010. The van der Waals surface area contributed by atoms with Crippen LogP contribution in [0.4, 0.5) is 13.2 Å². The molecular weight excluding hydrogens is 403 g/mol. The minimum atomic E-state index is -4.35. The zero-order chi connectivity index (χ0) is 20.9. The molecule has 0 saturated carbocycles. The molecule has 0 bridgehead atoms. The SMILES string of the molecule is O=C(O)Cc1csc(-c2cccc(OCC=Cc3ccc(C(F)(F)F)cc3)c2)n1. The number of halogens is 3. The molecule has 4 nitrogen and oxygen atoms in total. The molecule has 0 spiro atoms. The van der Waals surface area contributed by atoms with E-state index in [4.69, 9.17) is 9.84 Å². The summed E-state index contributed by atoms with van der Waals surface area (Å²) in [5, 5.41) is 11.2. The van der Waals surface area contributed by atoms with Gasteiger partial charge in [0.1, 0.15) is 17.4 Å². The Morgan fingerprint density at radius 1 is 1.17 bits per heavy atom. The van der Waals surface area contributed by atoms with Gasteiger partial charge in [-0.15, -0.1) is 11.3 Å². The summed E-state index contributed by atoms with van der Waals surface area (Å²) >= 11 is 1.36. The van der Waals surface area contributed by atoms with Crippen LogP contribution in [-0.2, 0) is 17.4 Å². The lowest BCUT2D eigenvalue weighted by molar-refractivity contribution is -0.138. The number of carbonyl (C=O) groups is 1. The van der Waals surface area contributed by atoms with Crippen LogP contribution in [0.2, 0.25) is 0 Å². The Morgan fingerprint density at radius 3 is 2.62 bits per heavy atom. The topological polar surface area (TPSA) is 59.4 Å². The largest absolute Gasteiger partial charge is 0.490 e. The summed E-state index contributed by atoms with van der Waals surface area (Å²) in [5.41, 5.74) is 1.28. The Kier molecular flexibility index (Phi) is 6.33. The van der Waals surface area contributed by atoms with Gasteiger partial charge >= 0.3 is 12.1 Å². The molecule has 0 radical (unpaired) electrons. The molecule has 3 rings (SSSR count). The highest BCUT2D eigenvalue weighted by molar-refractivity contribution is 7.13. The smallest absolute Gasteiger partial charge is 0.416 e. The first kappa shape index (κ1) is 20.6. The average molecular weight is 419 g/mol. The highest BCUT2D eigenvalue weighted by Crippen LogP contribution is 2.29. The third-order valence-electron chi connectivity index (χ3n) is 3.86. The number of benzene rings is 2. The number of aromatic nitrogens is 1. The van der Waals surface area contributed by atoms with E-state index >= 15 is 0 Å². The van der Waals surface area contributed by atoms with E-state index in [1.54, 1.807) is 29.7 Å². The monoisotopic (exact) mass is 419 g/mol. The zero-order valence-electron chi connectivity index (χ0n) is 15.0. The Balaban J connectivity index is 1.59. The highest BCUT2D eigenvalue weighted by atomic mass is 32.1. The first-order valence-corrected chi connectivity index (χ1v) is 9.42. The fourth-order valence-electron chi connectivity index (χ4n) is 2.51. The Hall–Kier alpha value is -3.13. The van der Waals surface area contributed by atoms with Crippen molar-refractivity contribution in [1.29, 1.82) is 0 Å². The highest BCUT2D eigenvalue weighted by Gasteiger charge is 2.29. The second-order valence-electron chi connectivity index (χ2n) is 6.08. The van der Waals surface area contributed by atoms with Crippen molar-refractivity contribution in [3.63, 3.8) is 0 Å². The van der Waals surface area contributed by atoms with E-state index < -0.39 is 17.7 Å². The van der Waals surface area contributed by atoms with Gasteiger partial charge in [0.05, 0.1) is 17.7 Å². The van der Waals surface area contributed by atoms with Crippen LogP contribution in [0.25, 0.3) is 16.6 Å². The summed E-state index contributed by atoms with van der Waals surface area (Å²) in [7, 11) is 0. The van der Waals surface area contributed by atoms with Crippen molar-refractivity contribution < 1.29 is 27.8 Å². The van der Waals surface area contributed by atoms with Gasteiger partial charge in [0.15, 0.2) is 0 Å². The van der Waals surface area contributed by atoms with Gasteiger partial charge in [-0.3, -0.25) is 4.79 Å². The average Bonchev–Trinajstić information content (AvgIpc) is 3.13. The summed E-state index contributed by atoms with van der Waals surface area (Å²) in [5.74, 6) is -0.326. The minimum absolute atomic E-state index is 0.124. The summed E-state index contributed by atoms with van der Waals surface area (Å²) in [6, 6.07) is 12.1. The van der Waals surface area contributed by atoms with E-state index in [2.05, 4.69) is 4.98 Å². The van der Waals surface area contributed by atoms with Crippen molar-refractivity contribution in [2.75, 3.05) is 6.61 Å². The van der Waals surface area contributed by atoms with E-state index in [-0.39, 0.29) is 13.0 Å². The number of rotatable bonds is 7. The van der Waals surface area contributed by atoms with E-state index in [1.807, 2.05) is 12.1 Å². The maximum atomic E-state index is 12.6. The number of aliphatic carboxylic acids is 1. The van der Waals surface area contributed by atoms with Crippen molar-refractivity contribution >= 4 is 23.4 Å². The lowest BCUT2D eigenvalue weighted by Crippen LogP contribution is -2.03. The van der Waals surface area contributed by atoms with Gasteiger partial charge in [-0.05, 0) is 35.9 Å². The first-order chi connectivity index (χ1) is 13.8. The number of ether oxygens (including phenoxy) is 1. The van der Waals surface area contributed by atoms with Crippen LogP contribution in [0.1, 0.15) is 16.8 Å². The molecule has 0 atom stereocenters. The molecule has 150 valence electrons. The van der Waals surface area contributed by atoms with Gasteiger partial charge in [0.25, 0.3) is 0 Å². The molecule has 0 fully saturated rings. The predicted octanol–water partition coefficient (Wildman–Crippen LogP) is 5.55. The van der Waals surface area contributed by atoms with E-state index in [9.17, 15) is 18.0 Å². The molecule has 0 amide bonds. The van der Waals surface area contributed by atoms with Gasteiger partial charge in [-0.2, -0.15) is 13.2 Å². The van der Waals surface area contributed by atoms with Gasteiger partial charge in [-0.25, -0.2) is 4.98 Å². The molecule has 0 aliphatic rings. The van der Waals surface area contributed by atoms with Crippen LogP contribution in [0.15, 0.2) is 60.0 Å². The molecule has 0 aliphatic carbocycles. The molecule has 0 saturated heterocycles. The van der Waals surface area contributed by atoms with Gasteiger partial charge in [0, 0.05) is 10.9 Å². The van der Waals surface area contributed by atoms with Crippen molar-refractivity contribution in [3.05, 3.63) is 76.8 Å². The van der Waals surface area contributed by atoms with Crippen LogP contribution in [0, 0.1) is 0 Å². The summed E-state index contributed by atoms with van der Waals surface area (Å²) in [6.07, 6.45) is -1.07. The van der Waals surface area contributed by atoms with Crippen molar-refractivity contribution in [3.8, 4) is 16.3 Å². The number of hydrogen-bond acceptors (Lipinski definition) is 4. The molecule has 8 heteroatoms. The molecule has 29 heavy (non-hydrogen) atoms. The first-order valence-electron chi connectivity index (χ1n) is 8.54. The van der Waals surface area contributed by atoms with Crippen LogP contribution in [-0.4, -0.2) is 22.7 Å². The fraction of sp³-hybridized carbons (Fsp3) is 0.143. The number of hydrogen-bond donors (Lipinski definition) is 1. The maximum absolute atomic E-state index is 12.6. The number of thiazole rings is 1. The number of nitrogens with zero attached hydrogens (tertiary/aromatic N) is 1. The second-order valence-corrected chi connectivity index (χ2v) is 6.93. The molecular formula is C21H16F3NO3S. The molecule has 1 N–H and O–H groups in total. The van der Waals surface area contributed by atoms with Gasteiger partial charge < -0.3 is 9.84 Å². The number of carboxylic acid groups (broad SMARTS) is 1. The van der Waals surface area contributed by atoms with E-state index in [1.165, 1.54) is 23.5 Å². The molecule has 2 aromatic carbocycles. The third-order valence-corrected chi connectivity index (χ3v) is 4.80. The lowest BCUT2D eigenvalue weighted by Gasteiger charge is -2.06. The van der Waals surface area contributed by atoms with Gasteiger partial charge in [0.2, 0.25) is 0 Å². The standard InChI is InChI=1S/C21H16F3NO3S/c22-21(23,24)16-8-6-14(7-9-16)3-2-10-28-18-5-1-4-15(11-18)20-25-17(13-29-20)12-19(26)27/h1-9,11,13H,10,12H2,(H,26,27). The second kappa shape index (κ2) is 8.91. The minimum Gasteiger partial charge on any atom is -0.490 e. The van der Waals surface area contributed by atoms with Crippen LogP contribution in [0.5, 0.6) is 5.75 Å².